The third-order valence-corrected chi connectivity index (χ3v) is 2.98. The molecule has 0 saturated carbocycles. The number of hydrogen-bond donors (Lipinski definition) is 1. The molecule has 1 N–H and O–H groups in total. The number of fused-ring (bicyclic) bond motifs is 1. The Labute approximate surface area is 106 Å². The molecule has 3 rings (SSSR count). The summed E-state index contributed by atoms with van der Waals surface area (Å²) in [5.41, 5.74) is 0.206. The highest BCUT2D eigenvalue weighted by Gasteiger charge is 2.38. The van der Waals surface area contributed by atoms with E-state index in [1.807, 2.05) is 0 Å². The summed E-state index contributed by atoms with van der Waals surface area (Å²) >= 11 is 0. The number of hydrogen-bond acceptors (Lipinski definition) is 4. The molecule has 0 bridgehead atoms. The van der Waals surface area contributed by atoms with Crippen LogP contribution in [0.5, 0.6) is 0 Å². The maximum atomic E-state index is 13.1. The number of alkyl halides is 3. The Balaban J connectivity index is 2.19. The van der Waals surface area contributed by atoms with Crippen LogP contribution in [0.25, 0.3) is 11.4 Å². The van der Waals surface area contributed by atoms with E-state index in [2.05, 4.69) is 15.3 Å². The lowest BCUT2D eigenvalue weighted by atomic mass is 10.0. The highest BCUT2D eigenvalue weighted by molar-refractivity contribution is 5.54. The van der Waals surface area contributed by atoms with Crippen molar-refractivity contribution < 1.29 is 17.6 Å². The summed E-state index contributed by atoms with van der Waals surface area (Å²) in [6.45, 7) is 0.830. The van der Waals surface area contributed by atoms with E-state index in [0.717, 1.165) is 0 Å². The number of aromatic nitrogens is 2. The van der Waals surface area contributed by atoms with Crippen LogP contribution in [0, 0.1) is 0 Å². The number of rotatable bonds is 1. The summed E-state index contributed by atoms with van der Waals surface area (Å²) in [7, 11) is 0. The third-order valence-electron chi connectivity index (χ3n) is 2.98. The fraction of sp³-hybridized carbons (Fsp3) is 0.333. The first kappa shape index (κ1) is 12.2. The first-order chi connectivity index (χ1) is 9.05. The molecule has 0 aliphatic carbocycles. The molecule has 0 radical (unpaired) electrons. The molecular formula is C12H10F3N3O. The molecule has 4 nitrogen and oxygen atoms in total. The van der Waals surface area contributed by atoms with Crippen molar-refractivity contribution >= 4 is 0 Å². The molecule has 0 atom stereocenters. The predicted molar refractivity (Wildman–Crippen MR) is 60.1 cm³/mol. The molecule has 2 aromatic rings. The molecule has 100 valence electrons. The van der Waals surface area contributed by atoms with E-state index in [4.69, 9.17) is 4.42 Å². The Bertz CT molecular complexity index is 593. The topological polar surface area (TPSA) is 51.0 Å². The molecule has 0 fully saturated rings. The minimum absolute atomic E-state index is 0.0449. The smallest absolute Gasteiger partial charge is 0.433 e. The Morgan fingerprint density at radius 3 is 2.79 bits per heavy atom. The van der Waals surface area contributed by atoms with Crippen molar-refractivity contribution in [2.24, 2.45) is 0 Å². The third kappa shape index (κ3) is 2.21. The van der Waals surface area contributed by atoms with Gasteiger partial charge in [-0.3, -0.25) is 0 Å². The van der Waals surface area contributed by atoms with E-state index in [0.29, 0.717) is 24.3 Å². The fourth-order valence-electron chi connectivity index (χ4n) is 2.11. The summed E-state index contributed by atoms with van der Waals surface area (Å²) < 4.78 is 44.1. The van der Waals surface area contributed by atoms with Crippen molar-refractivity contribution in [1.29, 1.82) is 0 Å². The molecule has 0 unspecified atom stereocenters. The quantitative estimate of drug-likeness (QED) is 0.863. The predicted octanol–water partition coefficient (Wildman–Crippen LogP) is 2.40. The van der Waals surface area contributed by atoms with E-state index in [-0.39, 0.29) is 17.8 Å². The van der Waals surface area contributed by atoms with Crippen molar-refractivity contribution in [3.8, 4) is 11.4 Å². The maximum Gasteiger partial charge on any atom is 0.433 e. The molecule has 0 saturated heterocycles. The molecule has 2 aromatic heterocycles. The van der Waals surface area contributed by atoms with Gasteiger partial charge in [0.15, 0.2) is 11.5 Å². The van der Waals surface area contributed by atoms with Crippen LogP contribution in [0.1, 0.15) is 17.0 Å². The lowest BCUT2D eigenvalue weighted by molar-refractivity contribution is -0.142. The van der Waals surface area contributed by atoms with Gasteiger partial charge in [0.25, 0.3) is 0 Å². The minimum Gasteiger partial charge on any atom is -0.472 e. The van der Waals surface area contributed by atoms with Gasteiger partial charge >= 0.3 is 6.18 Å². The second-order valence-electron chi connectivity index (χ2n) is 4.26. The molecule has 1 aliphatic heterocycles. The molecule has 0 spiro atoms. The van der Waals surface area contributed by atoms with Crippen LogP contribution in [0.2, 0.25) is 0 Å². The highest BCUT2D eigenvalue weighted by atomic mass is 19.4. The Morgan fingerprint density at radius 1 is 1.26 bits per heavy atom. The van der Waals surface area contributed by atoms with Gasteiger partial charge in [-0.1, -0.05) is 0 Å². The molecule has 0 aromatic carbocycles. The second kappa shape index (κ2) is 4.34. The normalized spacial score (nSPS) is 15.3. The summed E-state index contributed by atoms with van der Waals surface area (Å²) in [5.74, 6) is 0.0449. The van der Waals surface area contributed by atoms with Crippen LogP contribution >= 0.6 is 0 Å². The van der Waals surface area contributed by atoms with Crippen LogP contribution in [0.15, 0.2) is 23.0 Å². The number of furan rings is 1. The summed E-state index contributed by atoms with van der Waals surface area (Å²) in [4.78, 5) is 7.87. The van der Waals surface area contributed by atoms with Gasteiger partial charge in [-0.2, -0.15) is 13.2 Å². The van der Waals surface area contributed by atoms with Crippen molar-refractivity contribution in [3.05, 3.63) is 35.5 Å². The lowest BCUT2D eigenvalue weighted by Crippen LogP contribution is -2.28. The maximum absolute atomic E-state index is 13.1. The van der Waals surface area contributed by atoms with Crippen molar-refractivity contribution in [3.63, 3.8) is 0 Å². The lowest BCUT2D eigenvalue weighted by Gasteiger charge is -2.20. The Morgan fingerprint density at radius 2 is 2.11 bits per heavy atom. The van der Waals surface area contributed by atoms with Crippen LogP contribution in [-0.2, 0) is 19.1 Å². The van der Waals surface area contributed by atoms with Gasteiger partial charge in [0.05, 0.1) is 17.5 Å². The van der Waals surface area contributed by atoms with Gasteiger partial charge in [-0.15, -0.1) is 0 Å². The zero-order valence-electron chi connectivity index (χ0n) is 9.79. The van der Waals surface area contributed by atoms with Crippen LogP contribution in [0.3, 0.4) is 0 Å². The average Bonchev–Trinajstić information content (AvgIpc) is 2.90. The zero-order valence-corrected chi connectivity index (χ0v) is 9.79. The van der Waals surface area contributed by atoms with Gasteiger partial charge in [0, 0.05) is 12.1 Å². The summed E-state index contributed by atoms with van der Waals surface area (Å²) in [5, 5.41) is 3.01. The van der Waals surface area contributed by atoms with Crippen LogP contribution in [-0.4, -0.2) is 16.5 Å². The van der Waals surface area contributed by atoms with Gasteiger partial charge in [-0.25, -0.2) is 9.97 Å². The zero-order chi connectivity index (χ0) is 13.5. The molecule has 0 amide bonds. The van der Waals surface area contributed by atoms with E-state index in [9.17, 15) is 13.2 Å². The average molecular weight is 269 g/mol. The van der Waals surface area contributed by atoms with Crippen molar-refractivity contribution in [2.45, 2.75) is 19.1 Å². The summed E-state index contributed by atoms with van der Waals surface area (Å²) in [6, 6.07) is 1.54. The van der Waals surface area contributed by atoms with Gasteiger partial charge in [0.2, 0.25) is 0 Å². The van der Waals surface area contributed by atoms with Gasteiger partial charge < -0.3 is 9.73 Å². The van der Waals surface area contributed by atoms with E-state index >= 15 is 0 Å². The van der Waals surface area contributed by atoms with E-state index in [1.54, 1.807) is 0 Å². The van der Waals surface area contributed by atoms with E-state index < -0.39 is 11.9 Å². The first-order valence-corrected chi connectivity index (χ1v) is 5.76. The molecule has 1 aliphatic rings. The largest absolute Gasteiger partial charge is 0.472 e. The Hall–Kier alpha value is -1.89. The highest BCUT2D eigenvalue weighted by Crippen LogP contribution is 2.34. The second-order valence-corrected chi connectivity index (χ2v) is 4.26. The number of nitrogens with one attached hydrogen (secondary N) is 1. The van der Waals surface area contributed by atoms with Crippen LogP contribution < -0.4 is 5.32 Å². The number of halogens is 3. The monoisotopic (exact) mass is 269 g/mol. The minimum atomic E-state index is -4.47. The molecule has 3 heterocycles. The number of nitrogens with zero attached hydrogens (tertiary/aromatic N) is 2. The molecule has 7 heteroatoms. The standard InChI is InChI=1S/C12H10F3N3O/c13-12(14,15)10-8-1-3-16-5-9(8)17-11(18-10)7-2-4-19-6-7/h2,4,6,16H,1,3,5H2. The van der Waals surface area contributed by atoms with Gasteiger partial charge in [-0.05, 0) is 19.0 Å². The summed E-state index contributed by atoms with van der Waals surface area (Å²) in [6.07, 6.45) is -1.47. The Kier molecular flexibility index (Phi) is 2.78. The van der Waals surface area contributed by atoms with E-state index in [1.165, 1.54) is 18.6 Å². The van der Waals surface area contributed by atoms with Crippen LogP contribution in [0.4, 0.5) is 13.2 Å². The fourth-order valence-corrected chi connectivity index (χ4v) is 2.11. The SMILES string of the molecule is FC(F)(F)c1nc(-c2ccoc2)nc2c1CCNC2. The first-order valence-electron chi connectivity index (χ1n) is 5.76. The van der Waals surface area contributed by atoms with Crippen molar-refractivity contribution in [1.82, 2.24) is 15.3 Å². The molecule has 19 heavy (non-hydrogen) atoms. The van der Waals surface area contributed by atoms with Gasteiger partial charge in [0.1, 0.15) is 6.26 Å². The van der Waals surface area contributed by atoms with Crippen molar-refractivity contribution in [2.75, 3.05) is 6.54 Å². The molecular weight excluding hydrogens is 259 g/mol.